The van der Waals surface area contributed by atoms with E-state index in [9.17, 15) is 18.0 Å². The summed E-state index contributed by atoms with van der Waals surface area (Å²) in [6, 6.07) is 13.3. The molecule has 0 saturated heterocycles. The van der Waals surface area contributed by atoms with Crippen LogP contribution >= 0.6 is 22.9 Å². The number of nitrogens with one attached hydrogen (secondary N) is 1. The van der Waals surface area contributed by atoms with Gasteiger partial charge in [-0.15, -0.1) is 11.3 Å². The Labute approximate surface area is 150 Å². The van der Waals surface area contributed by atoms with Crippen LogP contribution in [0.15, 0.2) is 53.9 Å². The molecule has 0 spiro atoms. The summed E-state index contributed by atoms with van der Waals surface area (Å²) < 4.78 is 37.1. The van der Waals surface area contributed by atoms with Crippen molar-refractivity contribution in [3.05, 3.63) is 58.9 Å². The highest BCUT2D eigenvalue weighted by atomic mass is 35.5. The molecule has 1 amide bonds. The van der Waals surface area contributed by atoms with E-state index in [0.29, 0.717) is 21.3 Å². The molecule has 0 aliphatic rings. The first kappa shape index (κ1) is 17.4. The van der Waals surface area contributed by atoms with Crippen molar-refractivity contribution in [2.45, 2.75) is 6.18 Å². The number of aromatic nitrogens is 1. The van der Waals surface area contributed by atoms with Crippen molar-refractivity contribution in [1.82, 2.24) is 4.98 Å². The molecule has 0 radical (unpaired) electrons. The SMILES string of the molecule is O=C(Nc1cccc(-c2csc(-c3ccccc3Cl)n2)c1)C(F)(F)F. The van der Waals surface area contributed by atoms with Crippen molar-refractivity contribution in [3.63, 3.8) is 0 Å². The van der Waals surface area contributed by atoms with Crippen LogP contribution in [0.1, 0.15) is 0 Å². The third-order valence-electron chi connectivity index (χ3n) is 3.28. The molecular formula is C17H10ClF3N2OS. The van der Waals surface area contributed by atoms with E-state index in [1.54, 1.807) is 23.6 Å². The Morgan fingerprint density at radius 1 is 1.12 bits per heavy atom. The van der Waals surface area contributed by atoms with Gasteiger partial charge in [0.2, 0.25) is 0 Å². The minimum absolute atomic E-state index is 0.0483. The molecule has 3 rings (SSSR count). The van der Waals surface area contributed by atoms with E-state index in [4.69, 9.17) is 11.6 Å². The van der Waals surface area contributed by atoms with Crippen LogP contribution in [0.25, 0.3) is 21.8 Å². The largest absolute Gasteiger partial charge is 0.471 e. The summed E-state index contributed by atoms with van der Waals surface area (Å²) in [6.07, 6.45) is -4.94. The number of halogens is 4. The molecule has 2 aromatic carbocycles. The zero-order chi connectivity index (χ0) is 18.0. The first-order valence-corrected chi connectivity index (χ1v) is 8.29. The minimum atomic E-state index is -4.94. The molecule has 25 heavy (non-hydrogen) atoms. The lowest BCUT2D eigenvalue weighted by Gasteiger charge is -2.08. The van der Waals surface area contributed by atoms with Gasteiger partial charge in [-0.2, -0.15) is 13.2 Å². The average Bonchev–Trinajstić information content (AvgIpc) is 3.04. The molecule has 8 heteroatoms. The number of amides is 1. The van der Waals surface area contributed by atoms with Gasteiger partial charge in [0.15, 0.2) is 0 Å². The Morgan fingerprint density at radius 2 is 1.88 bits per heavy atom. The van der Waals surface area contributed by atoms with E-state index in [1.807, 2.05) is 23.5 Å². The van der Waals surface area contributed by atoms with Crippen LogP contribution in [0.3, 0.4) is 0 Å². The molecule has 3 nitrogen and oxygen atoms in total. The van der Waals surface area contributed by atoms with Crippen LogP contribution in [0.2, 0.25) is 5.02 Å². The normalized spacial score (nSPS) is 11.4. The van der Waals surface area contributed by atoms with E-state index < -0.39 is 12.1 Å². The number of alkyl halides is 3. The predicted molar refractivity (Wildman–Crippen MR) is 92.7 cm³/mol. The van der Waals surface area contributed by atoms with Gasteiger partial charge in [0.1, 0.15) is 5.01 Å². The Kier molecular flexibility index (Phi) is 4.78. The van der Waals surface area contributed by atoms with Crippen LogP contribution in [-0.4, -0.2) is 17.1 Å². The summed E-state index contributed by atoms with van der Waals surface area (Å²) >= 11 is 7.52. The van der Waals surface area contributed by atoms with Crippen molar-refractivity contribution in [1.29, 1.82) is 0 Å². The maximum absolute atomic E-state index is 12.4. The summed E-state index contributed by atoms with van der Waals surface area (Å²) in [5.41, 5.74) is 2.01. The molecule has 0 unspecified atom stereocenters. The van der Waals surface area contributed by atoms with Gasteiger partial charge in [0, 0.05) is 22.2 Å². The number of benzene rings is 2. The summed E-state index contributed by atoms with van der Waals surface area (Å²) in [5, 5.41) is 4.88. The molecule has 0 bridgehead atoms. The quantitative estimate of drug-likeness (QED) is 0.637. The van der Waals surface area contributed by atoms with Gasteiger partial charge in [-0.3, -0.25) is 4.79 Å². The van der Waals surface area contributed by atoms with Crippen molar-refractivity contribution in [2.75, 3.05) is 5.32 Å². The fourth-order valence-corrected chi connectivity index (χ4v) is 3.27. The summed E-state index contributed by atoms with van der Waals surface area (Å²) in [7, 11) is 0. The first-order valence-electron chi connectivity index (χ1n) is 7.03. The Hall–Kier alpha value is -2.38. The standard InChI is InChI=1S/C17H10ClF3N2OS/c18-13-7-2-1-6-12(13)15-23-14(9-25-15)10-4-3-5-11(8-10)22-16(24)17(19,20)21/h1-9H,(H,22,24). The zero-order valence-corrected chi connectivity index (χ0v) is 14.0. The number of anilines is 1. The van der Waals surface area contributed by atoms with Crippen molar-refractivity contribution < 1.29 is 18.0 Å². The van der Waals surface area contributed by atoms with Gasteiger partial charge in [-0.1, -0.05) is 41.9 Å². The van der Waals surface area contributed by atoms with Crippen molar-refractivity contribution in [2.24, 2.45) is 0 Å². The third kappa shape index (κ3) is 4.00. The van der Waals surface area contributed by atoms with E-state index in [2.05, 4.69) is 4.98 Å². The second kappa shape index (κ2) is 6.85. The lowest BCUT2D eigenvalue weighted by Crippen LogP contribution is -2.29. The number of carbonyl (C=O) groups excluding carboxylic acids is 1. The van der Waals surface area contributed by atoms with Gasteiger partial charge < -0.3 is 5.32 Å². The topological polar surface area (TPSA) is 42.0 Å². The van der Waals surface area contributed by atoms with Gasteiger partial charge in [0.25, 0.3) is 0 Å². The molecule has 3 aromatic rings. The van der Waals surface area contributed by atoms with Crippen LogP contribution in [0, 0.1) is 0 Å². The van der Waals surface area contributed by atoms with Gasteiger partial charge in [-0.05, 0) is 18.2 Å². The predicted octanol–water partition coefficient (Wildman–Crippen LogP) is 5.63. The number of hydrogen-bond donors (Lipinski definition) is 1. The van der Waals surface area contributed by atoms with Crippen LogP contribution in [0.4, 0.5) is 18.9 Å². The molecule has 1 heterocycles. The Bertz CT molecular complexity index is 924. The lowest BCUT2D eigenvalue weighted by molar-refractivity contribution is -0.167. The van der Waals surface area contributed by atoms with Crippen molar-refractivity contribution >= 4 is 34.5 Å². The minimum Gasteiger partial charge on any atom is -0.318 e. The molecule has 128 valence electrons. The van der Waals surface area contributed by atoms with E-state index in [1.165, 1.54) is 23.5 Å². The number of hydrogen-bond acceptors (Lipinski definition) is 3. The maximum Gasteiger partial charge on any atom is 0.471 e. The van der Waals surface area contributed by atoms with Crippen LogP contribution in [0.5, 0.6) is 0 Å². The lowest BCUT2D eigenvalue weighted by atomic mass is 10.1. The second-order valence-electron chi connectivity index (χ2n) is 5.05. The average molecular weight is 383 g/mol. The second-order valence-corrected chi connectivity index (χ2v) is 6.32. The third-order valence-corrected chi connectivity index (χ3v) is 4.49. The molecule has 1 N–H and O–H groups in total. The fourth-order valence-electron chi connectivity index (χ4n) is 2.12. The first-order chi connectivity index (χ1) is 11.8. The molecule has 1 aromatic heterocycles. The van der Waals surface area contributed by atoms with E-state index >= 15 is 0 Å². The zero-order valence-electron chi connectivity index (χ0n) is 12.5. The summed E-state index contributed by atoms with van der Waals surface area (Å²) in [6.45, 7) is 0. The number of thiazole rings is 1. The van der Waals surface area contributed by atoms with Gasteiger partial charge in [0.05, 0.1) is 10.7 Å². The van der Waals surface area contributed by atoms with Gasteiger partial charge in [-0.25, -0.2) is 4.98 Å². The Morgan fingerprint density at radius 3 is 2.60 bits per heavy atom. The fraction of sp³-hybridized carbons (Fsp3) is 0.0588. The number of carbonyl (C=O) groups is 1. The number of nitrogens with zero attached hydrogens (tertiary/aromatic N) is 1. The highest BCUT2D eigenvalue weighted by molar-refractivity contribution is 7.13. The van der Waals surface area contributed by atoms with E-state index in [-0.39, 0.29) is 5.69 Å². The van der Waals surface area contributed by atoms with E-state index in [0.717, 1.165) is 5.56 Å². The molecule has 0 saturated carbocycles. The Balaban J connectivity index is 1.87. The molecule has 0 fully saturated rings. The summed E-state index contributed by atoms with van der Waals surface area (Å²) in [5.74, 6) is -2.01. The highest BCUT2D eigenvalue weighted by Crippen LogP contribution is 2.33. The summed E-state index contributed by atoms with van der Waals surface area (Å²) in [4.78, 5) is 15.5. The monoisotopic (exact) mass is 382 g/mol. The van der Waals surface area contributed by atoms with Crippen molar-refractivity contribution in [3.8, 4) is 21.8 Å². The maximum atomic E-state index is 12.4. The highest BCUT2D eigenvalue weighted by Gasteiger charge is 2.38. The van der Waals surface area contributed by atoms with Crippen LogP contribution < -0.4 is 5.32 Å². The van der Waals surface area contributed by atoms with Gasteiger partial charge >= 0.3 is 12.1 Å². The number of rotatable bonds is 3. The molecular weight excluding hydrogens is 373 g/mol. The van der Waals surface area contributed by atoms with Crippen LogP contribution in [-0.2, 0) is 4.79 Å². The molecule has 0 aliphatic heterocycles. The molecule has 0 aliphatic carbocycles. The smallest absolute Gasteiger partial charge is 0.318 e. The molecule has 0 atom stereocenters.